The summed E-state index contributed by atoms with van der Waals surface area (Å²) in [7, 11) is -3.55. The first kappa shape index (κ1) is 19.4. The molecule has 0 aromatic heterocycles. The first-order valence-electron chi connectivity index (χ1n) is 5.75. The first-order chi connectivity index (χ1) is 9.16. The average molecular weight is 336 g/mol. The summed E-state index contributed by atoms with van der Waals surface area (Å²) in [5, 5.41) is 9.16. The molecule has 0 fully saturated rings. The zero-order valence-electron chi connectivity index (χ0n) is 11.6. The molecule has 0 saturated heterocycles. The maximum Gasteiger partial charge on any atom is 0.280 e. The van der Waals surface area contributed by atoms with E-state index < -0.39 is 21.7 Å². The molecule has 1 unspecified atom stereocenters. The van der Waals surface area contributed by atoms with E-state index >= 15 is 0 Å². The van der Waals surface area contributed by atoms with Crippen molar-refractivity contribution in [2.45, 2.75) is 17.7 Å². The highest BCUT2D eigenvalue weighted by atomic mass is 35.5. The molecular weight excluding hydrogens is 318 g/mol. The van der Waals surface area contributed by atoms with E-state index in [4.69, 9.17) is 16.6 Å². The van der Waals surface area contributed by atoms with Crippen molar-refractivity contribution in [1.29, 1.82) is 0 Å². The molecule has 118 valence electrons. The third-order valence-electron chi connectivity index (χ3n) is 2.70. The smallest absolute Gasteiger partial charge is 0.280 e. The number of sulfone groups is 1. The minimum atomic E-state index is -3.55. The standard InChI is InChI=1S/C12H17N3O4S.ClH/c1-7(6-16)9-4-3-8(11(17)15-12(13)14)5-10(9)20(2,18)19;/h3-5,7,16H,6H2,1-2H3,(H4,13,14,15,17);1H. The van der Waals surface area contributed by atoms with Crippen molar-refractivity contribution in [3.63, 3.8) is 0 Å². The van der Waals surface area contributed by atoms with E-state index in [1.807, 2.05) is 0 Å². The summed E-state index contributed by atoms with van der Waals surface area (Å²) in [5.74, 6) is -1.49. The van der Waals surface area contributed by atoms with Crippen LogP contribution in [-0.2, 0) is 9.84 Å². The summed E-state index contributed by atoms with van der Waals surface area (Å²) < 4.78 is 23.6. The molecule has 0 aliphatic heterocycles. The number of aliphatic hydroxyl groups is 1. The van der Waals surface area contributed by atoms with Crippen molar-refractivity contribution < 1.29 is 18.3 Å². The number of nitrogens with zero attached hydrogens (tertiary/aromatic N) is 1. The Labute approximate surface area is 129 Å². The van der Waals surface area contributed by atoms with Gasteiger partial charge in [-0.25, -0.2) is 8.42 Å². The van der Waals surface area contributed by atoms with Gasteiger partial charge in [-0.15, -0.1) is 12.4 Å². The van der Waals surface area contributed by atoms with Gasteiger partial charge < -0.3 is 16.6 Å². The zero-order valence-corrected chi connectivity index (χ0v) is 13.2. The Morgan fingerprint density at radius 3 is 2.38 bits per heavy atom. The first-order valence-corrected chi connectivity index (χ1v) is 7.64. The van der Waals surface area contributed by atoms with E-state index in [9.17, 15) is 13.2 Å². The second-order valence-electron chi connectivity index (χ2n) is 4.45. The topological polar surface area (TPSA) is 136 Å². The van der Waals surface area contributed by atoms with E-state index in [2.05, 4.69) is 4.99 Å². The van der Waals surface area contributed by atoms with Crippen LogP contribution in [-0.4, -0.2) is 38.3 Å². The van der Waals surface area contributed by atoms with E-state index in [1.54, 1.807) is 6.92 Å². The molecule has 0 aliphatic rings. The van der Waals surface area contributed by atoms with Gasteiger partial charge in [-0.2, -0.15) is 4.99 Å². The van der Waals surface area contributed by atoms with E-state index in [1.165, 1.54) is 18.2 Å². The van der Waals surface area contributed by atoms with Gasteiger partial charge in [-0.05, 0) is 17.7 Å². The van der Waals surface area contributed by atoms with Crippen LogP contribution < -0.4 is 11.5 Å². The number of guanidine groups is 1. The number of amides is 1. The Balaban J connectivity index is 0.00000400. The van der Waals surface area contributed by atoms with Crippen LogP contribution in [0.4, 0.5) is 0 Å². The van der Waals surface area contributed by atoms with Crippen LogP contribution in [0.3, 0.4) is 0 Å². The molecule has 0 spiro atoms. The number of halogens is 1. The number of aliphatic hydroxyl groups excluding tert-OH is 1. The van der Waals surface area contributed by atoms with Crippen molar-refractivity contribution in [1.82, 2.24) is 0 Å². The van der Waals surface area contributed by atoms with Crippen LogP contribution in [0.15, 0.2) is 28.1 Å². The molecule has 1 aromatic carbocycles. The summed E-state index contributed by atoms with van der Waals surface area (Å²) >= 11 is 0. The van der Waals surface area contributed by atoms with Gasteiger partial charge in [-0.1, -0.05) is 13.0 Å². The fourth-order valence-electron chi connectivity index (χ4n) is 1.68. The fourth-order valence-corrected chi connectivity index (χ4v) is 2.71. The average Bonchev–Trinajstić information content (AvgIpc) is 2.35. The van der Waals surface area contributed by atoms with Crippen LogP contribution in [0.2, 0.25) is 0 Å². The monoisotopic (exact) mass is 335 g/mol. The van der Waals surface area contributed by atoms with Crippen LogP contribution in [0.5, 0.6) is 0 Å². The number of benzene rings is 1. The van der Waals surface area contributed by atoms with Crippen molar-refractivity contribution in [3.8, 4) is 0 Å². The highest BCUT2D eigenvalue weighted by Gasteiger charge is 2.19. The predicted molar refractivity (Wildman–Crippen MR) is 82.4 cm³/mol. The van der Waals surface area contributed by atoms with Gasteiger partial charge in [0.1, 0.15) is 0 Å². The number of hydrogen-bond donors (Lipinski definition) is 3. The van der Waals surface area contributed by atoms with Crippen molar-refractivity contribution >= 4 is 34.1 Å². The molecule has 0 aliphatic carbocycles. The summed E-state index contributed by atoms with van der Waals surface area (Å²) in [6.07, 6.45) is 1.03. The van der Waals surface area contributed by atoms with Crippen molar-refractivity contribution in [3.05, 3.63) is 29.3 Å². The lowest BCUT2D eigenvalue weighted by Crippen LogP contribution is -2.24. The Morgan fingerprint density at radius 1 is 1.38 bits per heavy atom. The number of nitrogens with two attached hydrogens (primary N) is 2. The van der Waals surface area contributed by atoms with E-state index in [0.29, 0.717) is 5.56 Å². The van der Waals surface area contributed by atoms with Crippen molar-refractivity contribution in [2.75, 3.05) is 12.9 Å². The molecule has 0 radical (unpaired) electrons. The maximum atomic E-state index is 11.8. The molecule has 21 heavy (non-hydrogen) atoms. The highest BCUT2D eigenvalue weighted by molar-refractivity contribution is 7.90. The molecule has 1 atom stereocenters. The molecular formula is C12H18ClN3O4S. The third kappa shape index (κ3) is 5.00. The quantitative estimate of drug-likeness (QED) is 0.524. The number of carbonyl (C=O) groups is 1. The number of rotatable bonds is 4. The van der Waals surface area contributed by atoms with Crippen LogP contribution in [0, 0.1) is 0 Å². The second kappa shape index (κ2) is 7.39. The summed E-state index contributed by atoms with van der Waals surface area (Å²) in [5.41, 5.74) is 10.7. The molecule has 0 heterocycles. The summed E-state index contributed by atoms with van der Waals surface area (Å²) in [6.45, 7) is 1.48. The highest BCUT2D eigenvalue weighted by Crippen LogP contribution is 2.25. The van der Waals surface area contributed by atoms with Crippen LogP contribution in [0.1, 0.15) is 28.8 Å². The lowest BCUT2D eigenvalue weighted by molar-refractivity contribution is 0.100. The predicted octanol–water partition coefficient (Wildman–Crippen LogP) is 0.0213. The Kier molecular flexibility index (Phi) is 6.81. The minimum Gasteiger partial charge on any atom is -0.396 e. The van der Waals surface area contributed by atoms with E-state index in [-0.39, 0.29) is 35.4 Å². The minimum absolute atomic E-state index is 0. The SMILES string of the molecule is CC(CO)c1ccc(C(=O)N=C(N)N)cc1S(C)(=O)=O.Cl. The van der Waals surface area contributed by atoms with Gasteiger partial charge in [0.05, 0.1) is 4.90 Å². The van der Waals surface area contributed by atoms with Gasteiger partial charge in [0.2, 0.25) is 0 Å². The van der Waals surface area contributed by atoms with Gasteiger partial charge in [0, 0.05) is 24.3 Å². The van der Waals surface area contributed by atoms with Gasteiger partial charge in [0.25, 0.3) is 5.91 Å². The molecule has 7 nitrogen and oxygen atoms in total. The molecule has 1 aromatic rings. The van der Waals surface area contributed by atoms with Gasteiger partial charge in [0.15, 0.2) is 15.8 Å². The Bertz CT molecular complexity index is 654. The normalized spacial score (nSPS) is 12.1. The largest absolute Gasteiger partial charge is 0.396 e. The number of carbonyl (C=O) groups excluding carboxylic acids is 1. The molecule has 1 rings (SSSR count). The van der Waals surface area contributed by atoms with Gasteiger partial charge in [-0.3, -0.25) is 4.79 Å². The number of hydrogen-bond acceptors (Lipinski definition) is 4. The lowest BCUT2D eigenvalue weighted by Gasteiger charge is -2.14. The molecule has 5 N–H and O–H groups in total. The number of aliphatic imine (C=N–C) groups is 1. The third-order valence-corrected chi connectivity index (χ3v) is 3.85. The molecule has 9 heteroatoms. The fraction of sp³-hybridized carbons (Fsp3) is 0.333. The van der Waals surface area contributed by atoms with E-state index in [0.717, 1.165) is 6.26 Å². The second-order valence-corrected chi connectivity index (χ2v) is 6.43. The lowest BCUT2D eigenvalue weighted by atomic mass is 10.0. The summed E-state index contributed by atoms with van der Waals surface area (Å²) in [6, 6.07) is 4.11. The Morgan fingerprint density at radius 2 is 1.95 bits per heavy atom. The molecule has 0 bridgehead atoms. The molecule has 1 amide bonds. The molecule has 0 saturated carbocycles. The van der Waals surface area contributed by atoms with Crippen molar-refractivity contribution in [2.24, 2.45) is 16.5 Å². The maximum absolute atomic E-state index is 11.8. The van der Waals surface area contributed by atoms with Crippen LogP contribution in [0.25, 0.3) is 0 Å². The van der Waals surface area contributed by atoms with Gasteiger partial charge >= 0.3 is 0 Å². The Hall–Kier alpha value is -1.64. The van der Waals surface area contributed by atoms with Crippen LogP contribution >= 0.6 is 12.4 Å². The summed E-state index contributed by atoms with van der Waals surface area (Å²) in [4.78, 5) is 15.0. The zero-order chi connectivity index (χ0) is 15.5.